The van der Waals surface area contributed by atoms with Crippen LogP contribution in [0.3, 0.4) is 0 Å². The van der Waals surface area contributed by atoms with Gasteiger partial charge >= 0.3 is 5.97 Å². The molecule has 1 aromatic carbocycles. The monoisotopic (exact) mass is 470 g/mol. The Kier molecular flexibility index (Phi) is 9.69. The highest BCUT2D eigenvalue weighted by molar-refractivity contribution is 5.86. The van der Waals surface area contributed by atoms with Crippen LogP contribution in [0.15, 0.2) is 42.5 Å². The number of rotatable bonds is 6. The van der Waals surface area contributed by atoms with Gasteiger partial charge in [-0.1, -0.05) is 55.3 Å². The number of carbonyl (C=O) groups excluding carboxylic acids is 3. The van der Waals surface area contributed by atoms with Gasteiger partial charge in [-0.3, -0.25) is 14.4 Å². The maximum atomic E-state index is 12.9. The SMILES string of the molecule is C[C@H]1COC(=O)[C@@H](Cc2ccccc2)CCC=CC[C@H](CC(=O)NC2(CO)CCCC2)C(=O)N1. The van der Waals surface area contributed by atoms with Crippen LogP contribution < -0.4 is 10.6 Å². The molecule has 1 heterocycles. The minimum atomic E-state index is -0.554. The number of carbonyl (C=O) groups is 3. The number of nitrogens with one attached hydrogen (secondary N) is 2. The average Bonchev–Trinajstić information content (AvgIpc) is 3.29. The van der Waals surface area contributed by atoms with Crippen LogP contribution in [0.1, 0.15) is 63.9 Å². The van der Waals surface area contributed by atoms with Gasteiger partial charge in [-0.05, 0) is 51.0 Å². The molecule has 7 heteroatoms. The first-order valence-electron chi connectivity index (χ1n) is 12.5. The van der Waals surface area contributed by atoms with Crippen LogP contribution in [0.5, 0.6) is 0 Å². The smallest absolute Gasteiger partial charge is 0.309 e. The summed E-state index contributed by atoms with van der Waals surface area (Å²) in [7, 11) is 0. The maximum Gasteiger partial charge on any atom is 0.309 e. The summed E-state index contributed by atoms with van der Waals surface area (Å²) in [5, 5.41) is 15.7. The molecular weight excluding hydrogens is 432 g/mol. The fraction of sp³-hybridized carbons (Fsp3) is 0.593. The minimum absolute atomic E-state index is 0.0566. The average molecular weight is 471 g/mol. The van der Waals surface area contributed by atoms with Gasteiger partial charge in [-0.15, -0.1) is 0 Å². The molecule has 1 aliphatic heterocycles. The van der Waals surface area contributed by atoms with E-state index in [-0.39, 0.29) is 49.4 Å². The van der Waals surface area contributed by atoms with E-state index >= 15 is 0 Å². The van der Waals surface area contributed by atoms with Crippen molar-refractivity contribution in [2.24, 2.45) is 11.8 Å². The highest BCUT2D eigenvalue weighted by Gasteiger charge is 2.35. The quantitative estimate of drug-likeness (QED) is 0.438. The number of cyclic esters (lactones) is 1. The molecule has 0 unspecified atom stereocenters. The Balaban J connectivity index is 1.63. The summed E-state index contributed by atoms with van der Waals surface area (Å²) < 4.78 is 5.55. The van der Waals surface area contributed by atoms with Crippen LogP contribution in [0, 0.1) is 11.8 Å². The van der Waals surface area contributed by atoms with Crippen LogP contribution in [0.25, 0.3) is 0 Å². The molecule has 0 saturated heterocycles. The summed E-state index contributed by atoms with van der Waals surface area (Å²) in [4.78, 5) is 38.4. The molecule has 1 aromatic rings. The Morgan fingerprint density at radius 2 is 1.88 bits per heavy atom. The van der Waals surface area contributed by atoms with E-state index in [9.17, 15) is 19.5 Å². The van der Waals surface area contributed by atoms with Gasteiger partial charge in [0.05, 0.1) is 30.0 Å². The van der Waals surface area contributed by atoms with E-state index in [1.165, 1.54) is 0 Å². The molecule has 1 fully saturated rings. The second-order valence-electron chi connectivity index (χ2n) is 9.81. The zero-order valence-corrected chi connectivity index (χ0v) is 20.1. The number of hydrogen-bond acceptors (Lipinski definition) is 5. The van der Waals surface area contributed by atoms with Gasteiger partial charge in [0.25, 0.3) is 0 Å². The molecule has 3 N–H and O–H groups in total. The highest BCUT2D eigenvalue weighted by Crippen LogP contribution is 2.29. The Hall–Kier alpha value is -2.67. The van der Waals surface area contributed by atoms with E-state index in [0.717, 1.165) is 31.2 Å². The molecule has 1 aliphatic carbocycles. The van der Waals surface area contributed by atoms with E-state index in [4.69, 9.17) is 4.74 Å². The predicted octanol–water partition coefficient (Wildman–Crippen LogP) is 3.06. The zero-order chi connectivity index (χ0) is 24.4. The van der Waals surface area contributed by atoms with Crippen LogP contribution in [0.2, 0.25) is 0 Å². The highest BCUT2D eigenvalue weighted by atomic mass is 16.5. The van der Waals surface area contributed by atoms with Gasteiger partial charge in [0, 0.05) is 6.42 Å². The van der Waals surface area contributed by atoms with E-state index in [0.29, 0.717) is 25.7 Å². The van der Waals surface area contributed by atoms with Crippen molar-refractivity contribution in [2.45, 2.75) is 76.3 Å². The van der Waals surface area contributed by atoms with Crippen molar-refractivity contribution in [3.63, 3.8) is 0 Å². The zero-order valence-electron chi connectivity index (χ0n) is 20.1. The van der Waals surface area contributed by atoms with Crippen molar-refractivity contribution >= 4 is 17.8 Å². The fourth-order valence-corrected chi connectivity index (χ4v) is 4.83. The van der Waals surface area contributed by atoms with Gasteiger partial charge in [-0.2, -0.15) is 0 Å². The number of allylic oxidation sites excluding steroid dienone is 2. The second kappa shape index (κ2) is 12.7. The Morgan fingerprint density at radius 3 is 2.59 bits per heavy atom. The van der Waals surface area contributed by atoms with E-state index in [2.05, 4.69) is 10.6 Å². The van der Waals surface area contributed by atoms with E-state index in [1.54, 1.807) is 6.92 Å². The van der Waals surface area contributed by atoms with Crippen molar-refractivity contribution < 1.29 is 24.2 Å². The number of benzene rings is 1. The molecule has 186 valence electrons. The topological polar surface area (TPSA) is 105 Å². The third-order valence-corrected chi connectivity index (χ3v) is 6.86. The number of amides is 2. The second-order valence-corrected chi connectivity index (χ2v) is 9.81. The van der Waals surface area contributed by atoms with Gasteiger partial charge in [-0.25, -0.2) is 0 Å². The van der Waals surface area contributed by atoms with Crippen LogP contribution in [-0.4, -0.2) is 47.7 Å². The van der Waals surface area contributed by atoms with Crippen molar-refractivity contribution in [3.05, 3.63) is 48.0 Å². The molecule has 2 amide bonds. The van der Waals surface area contributed by atoms with Crippen LogP contribution in [-0.2, 0) is 25.5 Å². The summed E-state index contributed by atoms with van der Waals surface area (Å²) in [6.45, 7) is 1.81. The van der Waals surface area contributed by atoms with Crippen LogP contribution >= 0.6 is 0 Å². The molecule has 3 atom stereocenters. The molecule has 0 aromatic heterocycles. The summed E-state index contributed by atoms with van der Waals surface area (Å²) >= 11 is 0. The van der Waals surface area contributed by atoms with Gasteiger partial charge in [0.1, 0.15) is 6.61 Å². The first-order valence-corrected chi connectivity index (χ1v) is 12.5. The number of aliphatic hydroxyl groups is 1. The van der Waals surface area contributed by atoms with Crippen molar-refractivity contribution in [1.29, 1.82) is 0 Å². The lowest BCUT2D eigenvalue weighted by atomic mass is 9.94. The standard InChI is InChI=1S/C27H38N2O5/c1-20-18-34-26(33)23(16-21-10-4-2-5-11-21)13-7-3-6-12-22(25(32)28-20)17-24(31)29-27(19-30)14-8-9-15-27/h2-6,10-11,20,22-23,30H,7-9,12-19H2,1H3,(H,28,32)(H,29,31)/t20-,22+,23+/m0/s1. The largest absolute Gasteiger partial charge is 0.463 e. The molecule has 7 nitrogen and oxygen atoms in total. The number of ether oxygens (including phenoxy) is 1. The van der Waals surface area contributed by atoms with Gasteiger partial charge in [0.2, 0.25) is 11.8 Å². The lowest BCUT2D eigenvalue weighted by molar-refractivity contribution is -0.150. The number of hydrogen-bond donors (Lipinski definition) is 3. The van der Waals surface area contributed by atoms with Crippen LogP contribution in [0.4, 0.5) is 0 Å². The van der Waals surface area contributed by atoms with Crippen molar-refractivity contribution in [3.8, 4) is 0 Å². The lowest BCUT2D eigenvalue weighted by Crippen LogP contribution is -2.50. The number of esters is 1. The summed E-state index contributed by atoms with van der Waals surface area (Å²) in [5.41, 5.74) is 0.537. The molecule has 3 rings (SSSR count). The molecule has 1 saturated carbocycles. The first-order chi connectivity index (χ1) is 16.4. The fourth-order valence-electron chi connectivity index (χ4n) is 4.83. The lowest BCUT2D eigenvalue weighted by Gasteiger charge is -2.29. The maximum absolute atomic E-state index is 12.9. The molecule has 0 bridgehead atoms. The Bertz CT molecular complexity index is 848. The molecule has 2 aliphatic rings. The predicted molar refractivity (Wildman–Crippen MR) is 130 cm³/mol. The van der Waals surface area contributed by atoms with E-state index in [1.807, 2.05) is 42.5 Å². The molecule has 0 spiro atoms. The minimum Gasteiger partial charge on any atom is -0.463 e. The van der Waals surface area contributed by atoms with Crippen molar-refractivity contribution in [2.75, 3.05) is 13.2 Å². The summed E-state index contributed by atoms with van der Waals surface area (Å²) in [6, 6.07) is 9.53. The van der Waals surface area contributed by atoms with Gasteiger partial charge < -0.3 is 20.5 Å². The normalized spacial score (nSPS) is 25.9. The Morgan fingerprint density at radius 1 is 1.15 bits per heavy atom. The van der Waals surface area contributed by atoms with E-state index < -0.39 is 11.5 Å². The van der Waals surface area contributed by atoms with Gasteiger partial charge in [0.15, 0.2) is 0 Å². The Labute approximate surface area is 202 Å². The summed E-state index contributed by atoms with van der Waals surface area (Å²) in [6.07, 6.45) is 9.86. The summed E-state index contributed by atoms with van der Waals surface area (Å²) in [5.74, 6) is -1.46. The molecule has 34 heavy (non-hydrogen) atoms. The molecular formula is C27H38N2O5. The third kappa shape index (κ3) is 7.69. The first kappa shape index (κ1) is 25.9. The molecule has 0 radical (unpaired) electrons. The number of aliphatic hydroxyl groups excluding tert-OH is 1. The van der Waals surface area contributed by atoms with Crippen molar-refractivity contribution in [1.82, 2.24) is 10.6 Å². The third-order valence-electron chi connectivity index (χ3n) is 6.86.